The fourth-order valence-electron chi connectivity index (χ4n) is 2.16. The van der Waals surface area contributed by atoms with Crippen LogP contribution in [0.1, 0.15) is 25.0 Å². The van der Waals surface area contributed by atoms with Crippen molar-refractivity contribution in [3.05, 3.63) is 59.7 Å². The van der Waals surface area contributed by atoms with Gasteiger partial charge in [0.05, 0.1) is 12.8 Å². The molecule has 2 aromatic rings. The van der Waals surface area contributed by atoms with Crippen molar-refractivity contribution in [1.29, 1.82) is 0 Å². The van der Waals surface area contributed by atoms with Gasteiger partial charge in [-0.3, -0.25) is 9.59 Å². The summed E-state index contributed by atoms with van der Waals surface area (Å²) in [6.45, 7) is 4.49. The zero-order valence-electron chi connectivity index (χ0n) is 14.3. The van der Waals surface area contributed by atoms with Crippen molar-refractivity contribution in [3.8, 4) is 5.75 Å². The van der Waals surface area contributed by atoms with Gasteiger partial charge < -0.3 is 10.1 Å². The van der Waals surface area contributed by atoms with Gasteiger partial charge in [-0.15, -0.1) is 0 Å². The number of hydrazone groups is 1. The third-order valence-corrected chi connectivity index (χ3v) is 3.42. The zero-order valence-corrected chi connectivity index (χ0v) is 14.3. The van der Waals surface area contributed by atoms with Gasteiger partial charge in [0, 0.05) is 5.69 Å². The molecule has 0 heterocycles. The second kappa shape index (κ2) is 9.22. The quantitative estimate of drug-likeness (QED) is 0.482. The molecule has 0 aliphatic heterocycles. The molecule has 6 nitrogen and oxygen atoms in total. The van der Waals surface area contributed by atoms with Crippen LogP contribution in [0, 0.1) is 0 Å². The first-order valence-corrected chi connectivity index (χ1v) is 8.09. The molecular weight excluding hydrogens is 318 g/mol. The van der Waals surface area contributed by atoms with Crippen LogP contribution in [0.3, 0.4) is 0 Å². The Morgan fingerprint density at radius 3 is 2.44 bits per heavy atom. The van der Waals surface area contributed by atoms with Crippen molar-refractivity contribution < 1.29 is 14.3 Å². The van der Waals surface area contributed by atoms with Crippen molar-refractivity contribution in [3.63, 3.8) is 0 Å². The number of para-hydroxylation sites is 1. The molecule has 2 amide bonds. The van der Waals surface area contributed by atoms with Crippen LogP contribution in [0.25, 0.3) is 0 Å². The average Bonchev–Trinajstić information content (AvgIpc) is 2.63. The predicted molar refractivity (Wildman–Crippen MR) is 97.8 cm³/mol. The molecule has 2 N–H and O–H groups in total. The monoisotopic (exact) mass is 339 g/mol. The molecule has 2 rings (SSSR count). The van der Waals surface area contributed by atoms with Crippen molar-refractivity contribution in [2.24, 2.45) is 5.10 Å². The molecule has 0 aliphatic rings. The van der Waals surface area contributed by atoms with Gasteiger partial charge in [-0.1, -0.05) is 25.1 Å². The summed E-state index contributed by atoms with van der Waals surface area (Å²) in [5.41, 5.74) is 4.58. The number of hydrogen-bond donors (Lipinski definition) is 2. The van der Waals surface area contributed by atoms with E-state index in [4.69, 9.17) is 4.74 Å². The molecule has 0 saturated carbocycles. The number of benzene rings is 2. The van der Waals surface area contributed by atoms with Crippen LogP contribution in [-0.4, -0.2) is 24.6 Å². The molecular formula is C19H21N3O3. The highest BCUT2D eigenvalue weighted by Crippen LogP contribution is 2.15. The van der Waals surface area contributed by atoms with Crippen LogP contribution >= 0.6 is 0 Å². The van der Waals surface area contributed by atoms with Gasteiger partial charge in [0.2, 0.25) is 0 Å². The minimum absolute atomic E-state index is 0.597. The Labute approximate surface area is 146 Å². The minimum atomic E-state index is -0.826. The Morgan fingerprint density at radius 1 is 1.04 bits per heavy atom. The Morgan fingerprint density at radius 2 is 1.76 bits per heavy atom. The van der Waals surface area contributed by atoms with Crippen LogP contribution < -0.4 is 15.5 Å². The number of anilines is 1. The van der Waals surface area contributed by atoms with E-state index in [0.717, 1.165) is 23.3 Å². The number of ether oxygens (including phenoxy) is 1. The lowest BCUT2D eigenvalue weighted by atomic mass is 10.1. The number of nitrogens with one attached hydrogen (secondary N) is 2. The largest absolute Gasteiger partial charge is 0.494 e. The molecule has 0 bridgehead atoms. The van der Waals surface area contributed by atoms with E-state index in [0.29, 0.717) is 12.3 Å². The van der Waals surface area contributed by atoms with Gasteiger partial charge in [0.15, 0.2) is 0 Å². The van der Waals surface area contributed by atoms with E-state index in [9.17, 15) is 9.59 Å². The van der Waals surface area contributed by atoms with E-state index in [-0.39, 0.29) is 0 Å². The predicted octanol–water partition coefficient (Wildman–Crippen LogP) is 2.74. The van der Waals surface area contributed by atoms with E-state index in [1.807, 2.05) is 26.0 Å². The highest BCUT2D eigenvalue weighted by atomic mass is 16.5. The van der Waals surface area contributed by atoms with Gasteiger partial charge in [0.25, 0.3) is 0 Å². The molecule has 0 unspecified atom stereocenters. The third kappa shape index (κ3) is 5.46. The van der Waals surface area contributed by atoms with E-state index >= 15 is 0 Å². The number of carbonyl (C=O) groups is 2. The summed E-state index contributed by atoms with van der Waals surface area (Å²) in [5.74, 6) is -0.824. The lowest BCUT2D eigenvalue weighted by Crippen LogP contribution is -2.32. The lowest BCUT2D eigenvalue weighted by molar-refractivity contribution is -0.136. The van der Waals surface area contributed by atoms with Crippen molar-refractivity contribution in [2.45, 2.75) is 20.3 Å². The first-order valence-electron chi connectivity index (χ1n) is 8.09. The van der Waals surface area contributed by atoms with Crippen LogP contribution in [0.5, 0.6) is 5.75 Å². The summed E-state index contributed by atoms with van der Waals surface area (Å²) in [6, 6.07) is 14.6. The van der Waals surface area contributed by atoms with Crippen LogP contribution in [0.15, 0.2) is 53.6 Å². The molecule has 25 heavy (non-hydrogen) atoms. The number of nitrogens with zero attached hydrogens (tertiary/aromatic N) is 1. The maximum atomic E-state index is 11.9. The Kier molecular flexibility index (Phi) is 6.71. The molecule has 0 atom stereocenters. The molecule has 0 radical (unpaired) electrons. The fourth-order valence-corrected chi connectivity index (χ4v) is 2.16. The van der Waals surface area contributed by atoms with Gasteiger partial charge in [0.1, 0.15) is 5.75 Å². The van der Waals surface area contributed by atoms with E-state index < -0.39 is 11.8 Å². The number of hydrogen-bond acceptors (Lipinski definition) is 4. The summed E-state index contributed by atoms with van der Waals surface area (Å²) < 4.78 is 5.34. The summed E-state index contributed by atoms with van der Waals surface area (Å²) >= 11 is 0. The molecule has 2 aromatic carbocycles. The van der Waals surface area contributed by atoms with Crippen LogP contribution in [0.2, 0.25) is 0 Å². The molecule has 6 heteroatoms. The first kappa shape index (κ1) is 18.2. The maximum Gasteiger partial charge on any atom is 0.329 e. The fraction of sp³-hybridized carbons (Fsp3) is 0.211. The second-order valence-electron chi connectivity index (χ2n) is 5.17. The highest BCUT2D eigenvalue weighted by Gasteiger charge is 2.14. The molecule has 0 saturated heterocycles. The smallest absolute Gasteiger partial charge is 0.329 e. The van der Waals surface area contributed by atoms with Crippen molar-refractivity contribution in [1.82, 2.24) is 5.43 Å². The molecule has 130 valence electrons. The summed E-state index contributed by atoms with van der Waals surface area (Å²) in [7, 11) is 0. The average molecular weight is 339 g/mol. The first-order chi connectivity index (χ1) is 12.1. The zero-order chi connectivity index (χ0) is 18.1. The van der Waals surface area contributed by atoms with Crippen LogP contribution in [-0.2, 0) is 16.0 Å². The third-order valence-electron chi connectivity index (χ3n) is 3.42. The summed E-state index contributed by atoms with van der Waals surface area (Å²) in [5, 5.41) is 6.39. The highest BCUT2D eigenvalue weighted by molar-refractivity contribution is 6.39. The number of aryl methyl sites for hydroxylation is 1. The van der Waals surface area contributed by atoms with E-state index in [2.05, 4.69) is 15.8 Å². The molecule has 0 spiro atoms. The molecule has 0 aliphatic carbocycles. The number of carbonyl (C=O) groups excluding carboxylic acids is 2. The molecule has 0 aromatic heterocycles. The van der Waals surface area contributed by atoms with Crippen LogP contribution in [0.4, 0.5) is 5.69 Å². The minimum Gasteiger partial charge on any atom is -0.494 e. The van der Waals surface area contributed by atoms with E-state index in [1.165, 1.54) is 6.21 Å². The number of rotatable bonds is 6. The summed E-state index contributed by atoms with van der Waals surface area (Å²) in [6.07, 6.45) is 2.22. The topological polar surface area (TPSA) is 79.8 Å². The standard InChI is InChI=1S/C19H21N3O3/c1-3-15-7-5-6-8-17(15)21-18(23)19(24)22-20-13-14-9-11-16(12-10-14)25-4-2/h5-13H,3-4H2,1-2H3,(H,21,23)(H,22,24)/b20-13+. The van der Waals surface area contributed by atoms with Crippen molar-refractivity contribution >= 4 is 23.7 Å². The SMILES string of the molecule is CCOc1ccc(/C=N/NC(=O)C(=O)Nc2ccccc2CC)cc1. The second-order valence-corrected chi connectivity index (χ2v) is 5.17. The van der Waals surface area contributed by atoms with E-state index in [1.54, 1.807) is 36.4 Å². The van der Waals surface area contributed by atoms with Gasteiger partial charge in [-0.25, -0.2) is 5.43 Å². The lowest BCUT2D eigenvalue weighted by Gasteiger charge is -2.08. The van der Waals surface area contributed by atoms with Gasteiger partial charge in [-0.2, -0.15) is 5.10 Å². The Hall–Kier alpha value is -3.15. The Balaban J connectivity index is 1.89. The van der Waals surface area contributed by atoms with Crippen molar-refractivity contribution in [2.75, 3.05) is 11.9 Å². The summed E-state index contributed by atoms with van der Waals surface area (Å²) in [4.78, 5) is 23.7. The molecule has 0 fully saturated rings. The maximum absolute atomic E-state index is 11.9. The number of amides is 2. The van der Waals surface area contributed by atoms with Gasteiger partial charge >= 0.3 is 11.8 Å². The normalized spacial score (nSPS) is 10.5. The van der Waals surface area contributed by atoms with Gasteiger partial charge in [-0.05, 0) is 54.8 Å². The Bertz CT molecular complexity index is 755.